The molecule has 2 N–H and O–H groups in total. The van der Waals surface area contributed by atoms with E-state index in [9.17, 15) is 19.5 Å². The molecule has 1 saturated heterocycles. The Morgan fingerprint density at radius 3 is 2.59 bits per heavy atom. The van der Waals surface area contributed by atoms with Crippen LogP contribution in [0, 0.1) is 0 Å². The van der Waals surface area contributed by atoms with Crippen molar-refractivity contribution in [2.75, 3.05) is 38.2 Å². The van der Waals surface area contributed by atoms with E-state index >= 15 is 0 Å². The fourth-order valence-electron chi connectivity index (χ4n) is 3.24. The molecule has 1 aliphatic heterocycles. The molecular formula is C21H23N3O5. The minimum Gasteiger partial charge on any atom is -0.495 e. The maximum Gasteiger partial charge on any atom is 0.323 e. The summed E-state index contributed by atoms with van der Waals surface area (Å²) in [5.41, 5.74) is 1.79. The molecule has 1 aliphatic rings. The van der Waals surface area contributed by atoms with E-state index in [4.69, 9.17) is 4.74 Å². The number of carboxylic acid groups (broad SMARTS) is 1. The number of hydrogen-bond donors (Lipinski definition) is 2. The number of carbonyl (C=O) groups is 3. The Labute approximate surface area is 168 Å². The van der Waals surface area contributed by atoms with Crippen molar-refractivity contribution in [3.8, 4) is 5.75 Å². The average molecular weight is 397 g/mol. The predicted molar refractivity (Wildman–Crippen MR) is 107 cm³/mol. The molecule has 8 nitrogen and oxygen atoms in total. The van der Waals surface area contributed by atoms with Crippen molar-refractivity contribution >= 4 is 23.6 Å². The third-order valence-corrected chi connectivity index (χ3v) is 4.70. The van der Waals surface area contributed by atoms with Crippen LogP contribution < -0.4 is 15.0 Å². The normalized spacial score (nSPS) is 13.1. The molecule has 1 heterocycles. The lowest BCUT2D eigenvalue weighted by atomic mass is 10.1. The summed E-state index contributed by atoms with van der Waals surface area (Å²) in [6, 6.07) is 14.1. The molecule has 0 spiro atoms. The number of ether oxygens (including phenoxy) is 1. The molecule has 0 saturated carbocycles. The van der Waals surface area contributed by atoms with Gasteiger partial charge in [0.05, 0.1) is 12.8 Å². The van der Waals surface area contributed by atoms with E-state index in [1.807, 2.05) is 30.3 Å². The second-order valence-electron chi connectivity index (χ2n) is 6.63. The van der Waals surface area contributed by atoms with Crippen molar-refractivity contribution in [1.82, 2.24) is 10.2 Å². The van der Waals surface area contributed by atoms with Crippen LogP contribution in [-0.4, -0.2) is 61.2 Å². The van der Waals surface area contributed by atoms with Crippen LogP contribution in [0.15, 0.2) is 48.5 Å². The zero-order valence-corrected chi connectivity index (χ0v) is 16.1. The summed E-state index contributed by atoms with van der Waals surface area (Å²) in [5.74, 6) is -1.03. The van der Waals surface area contributed by atoms with Crippen LogP contribution in [0.4, 0.5) is 10.5 Å². The summed E-state index contributed by atoms with van der Waals surface area (Å²) in [6.45, 7) is 0.819. The Balaban J connectivity index is 1.84. The summed E-state index contributed by atoms with van der Waals surface area (Å²) in [5, 5.41) is 12.0. The number of rotatable bonds is 8. The Morgan fingerprint density at radius 2 is 1.97 bits per heavy atom. The van der Waals surface area contributed by atoms with Gasteiger partial charge in [-0.25, -0.2) is 4.79 Å². The highest BCUT2D eigenvalue weighted by Crippen LogP contribution is 2.31. The van der Waals surface area contributed by atoms with Gasteiger partial charge in [0.25, 0.3) is 5.91 Å². The Morgan fingerprint density at radius 1 is 1.21 bits per heavy atom. The Kier molecular flexibility index (Phi) is 6.33. The average Bonchev–Trinajstić information content (AvgIpc) is 3.16. The molecule has 3 amide bonds. The molecule has 0 atom stereocenters. The van der Waals surface area contributed by atoms with Crippen LogP contribution in [-0.2, 0) is 11.2 Å². The molecule has 8 heteroatoms. The number of amides is 3. The lowest BCUT2D eigenvalue weighted by Gasteiger charge is -2.23. The van der Waals surface area contributed by atoms with Crippen molar-refractivity contribution in [3.05, 3.63) is 59.7 Å². The first kappa shape index (κ1) is 20.2. The lowest BCUT2D eigenvalue weighted by Crippen LogP contribution is -2.37. The van der Waals surface area contributed by atoms with Gasteiger partial charge < -0.3 is 20.1 Å². The maximum absolute atomic E-state index is 13.1. The molecule has 0 aliphatic carbocycles. The van der Waals surface area contributed by atoms with E-state index < -0.39 is 18.4 Å². The molecule has 152 valence electrons. The Bertz CT molecular complexity index is 900. The van der Waals surface area contributed by atoms with E-state index in [-0.39, 0.29) is 12.6 Å². The molecule has 0 radical (unpaired) electrons. The standard InChI is InChI=1S/C21H23N3O5/c1-29-18-8-7-16(13-17(18)24-12-10-22-21(24)28)20(27)23(14-19(25)26)11-9-15-5-3-2-4-6-15/h2-8,13H,9-12,14H2,1H3,(H,22,28)(H,25,26). The van der Waals surface area contributed by atoms with Gasteiger partial charge in [-0.3, -0.25) is 14.5 Å². The topological polar surface area (TPSA) is 99.2 Å². The van der Waals surface area contributed by atoms with E-state index in [0.717, 1.165) is 5.56 Å². The smallest absolute Gasteiger partial charge is 0.323 e. The minimum atomic E-state index is -1.08. The van der Waals surface area contributed by atoms with Gasteiger partial charge in [0.2, 0.25) is 0 Å². The van der Waals surface area contributed by atoms with Crippen LogP contribution in [0.5, 0.6) is 5.75 Å². The largest absolute Gasteiger partial charge is 0.495 e. The van der Waals surface area contributed by atoms with E-state index in [1.54, 1.807) is 18.2 Å². The number of urea groups is 1. The van der Waals surface area contributed by atoms with E-state index in [2.05, 4.69) is 5.32 Å². The van der Waals surface area contributed by atoms with Gasteiger partial charge in [-0.05, 0) is 30.2 Å². The van der Waals surface area contributed by atoms with Crippen LogP contribution in [0.3, 0.4) is 0 Å². The third kappa shape index (κ3) is 4.84. The van der Waals surface area contributed by atoms with Crippen molar-refractivity contribution in [3.63, 3.8) is 0 Å². The molecule has 2 aromatic rings. The third-order valence-electron chi connectivity index (χ3n) is 4.70. The van der Waals surface area contributed by atoms with Crippen molar-refractivity contribution < 1.29 is 24.2 Å². The highest BCUT2D eigenvalue weighted by molar-refractivity contribution is 6.00. The predicted octanol–water partition coefficient (Wildman–Crippen LogP) is 1.99. The number of anilines is 1. The van der Waals surface area contributed by atoms with Gasteiger partial charge >= 0.3 is 12.0 Å². The van der Waals surface area contributed by atoms with Gasteiger partial charge in [-0.15, -0.1) is 0 Å². The number of nitrogens with one attached hydrogen (secondary N) is 1. The van der Waals surface area contributed by atoms with Gasteiger partial charge in [0.1, 0.15) is 12.3 Å². The Hall–Kier alpha value is -3.55. The van der Waals surface area contributed by atoms with Gasteiger partial charge in [0.15, 0.2) is 0 Å². The zero-order chi connectivity index (χ0) is 20.8. The minimum absolute atomic E-state index is 0.264. The molecule has 29 heavy (non-hydrogen) atoms. The molecule has 3 rings (SSSR count). The lowest BCUT2D eigenvalue weighted by molar-refractivity contribution is -0.137. The van der Waals surface area contributed by atoms with Crippen LogP contribution in [0.1, 0.15) is 15.9 Å². The first-order valence-corrected chi connectivity index (χ1v) is 9.28. The number of benzene rings is 2. The quantitative estimate of drug-likeness (QED) is 0.710. The highest BCUT2D eigenvalue weighted by Gasteiger charge is 2.26. The molecule has 0 bridgehead atoms. The highest BCUT2D eigenvalue weighted by atomic mass is 16.5. The first-order valence-electron chi connectivity index (χ1n) is 9.28. The second kappa shape index (κ2) is 9.09. The molecule has 1 fully saturated rings. The SMILES string of the molecule is COc1ccc(C(=O)N(CCc2ccccc2)CC(=O)O)cc1N1CCNC1=O. The number of carbonyl (C=O) groups excluding carboxylic acids is 2. The summed E-state index contributed by atoms with van der Waals surface area (Å²) >= 11 is 0. The number of nitrogens with zero attached hydrogens (tertiary/aromatic N) is 2. The van der Waals surface area contributed by atoms with Gasteiger partial charge in [-0.2, -0.15) is 0 Å². The molecular weight excluding hydrogens is 374 g/mol. The van der Waals surface area contributed by atoms with Gasteiger partial charge in [0, 0.05) is 25.2 Å². The number of hydrogen-bond acceptors (Lipinski definition) is 4. The monoisotopic (exact) mass is 397 g/mol. The number of carboxylic acids is 1. The van der Waals surface area contributed by atoms with Crippen molar-refractivity contribution in [2.24, 2.45) is 0 Å². The number of aliphatic carboxylic acids is 1. The van der Waals surface area contributed by atoms with E-state index in [0.29, 0.717) is 36.5 Å². The molecule has 0 aromatic heterocycles. The first-order chi connectivity index (χ1) is 14.0. The molecule has 0 unspecified atom stereocenters. The zero-order valence-electron chi connectivity index (χ0n) is 16.1. The maximum atomic E-state index is 13.1. The molecule has 2 aromatic carbocycles. The fourth-order valence-corrected chi connectivity index (χ4v) is 3.24. The van der Waals surface area contributed by atoms with Crippen LogP contribution in [0.25, 0.3) is 0 Å². The number of methoxy groups -OCH3 is 1. The van der Waals surface area contributed by atoms with Gasteiger partial charge in [-0.1, -0.05) is 30.3 Å². The van der Waals surface area contributed by atoms with Crippen molar-refractivity contribution in [1.29, 1.82) is 0 Å². The summed E-state index contributed by atoms with van der Waals surface area (Å²) in [7, 11) is 1.49. The second-order valence-corrected chi connectivity index (χ2v) is 6.63. The van der Waals surface area contributed by atoms with E-state index in [1.165, 1.54) is 16.9 Å². The summed E-state index contributed by atoms with van der Waals surface area (Å²) in [6.07, 6.45) is 0.539. The van der Waals surface area contributed by atoms with Crippen LogP contribution >= 0.6 is 0 Å². The van der Waals surface area contributed by atoms with Crippen molar-refractivity contribution in [2.45, 2.75) is 6.42 Å². The summed E-state index contributed by atoms with van der Waals surface area (Å²) in [4.78, 5) is 39.2. The fraction of sp³-hybridized carbons (Fsp3) is 0.286. The summed E-state index contributed by atoms with van der Waals surface area (Å²) < 4.78 is 5.33. The van der Waals surface area contributed by atoms with Crippen LogP contribution in [0.2, 0.25) is 0 Å².